The van der Waals surface area contributed by atoms with Crippen LogP contribution in [0.1, 0.15) is 38.1 Å². The maximum absolute atomic E-state index is 12.3. The molecule has 4 rings (SSSR count). The van der Waals surface area contributed by atoms with Gasteiger partial charge in [-0.25, -0.2) is 14.8 Å². The Labute approximate surface area is 176 Å². The van der Waals surface area contributed by atoms with E-state index in [9.17, 15) is 4.79 Å². The fourth-order valence-corrected chi connectivity index (χ4v) is 3.57. The normalized spacial score (nSPS) is 17.3. The number of hydrogen-bond donors (Lipinski definition) is 2. The molecule has 2 N–H and O–H groups in total. The molecule has 2 amide bonds. The number of urea groups is 1. The Bertz CT molecular complexity index is 1030. The molecule has 8 nitrogen and oxygen atoms in total. The van der Waals surface area contributed by atoms with Gasteiger partial charge in [-0.3, -0.25) is 4.90 Å². The van der Waals surface area contributed by atoms with Crippen molar-refractivity contribution >= 4 is 17.8 Å². The summed E-state index contributed by atoms with van der Waals surface area (Å²) in [6.07, 6.45) is 5.47. The predicted molar refractivity (Wildman–Crippen MR) is 117 cm³/mol. The van der Waals surface area contributed by atoms with E-state index in [4.69, 9.17) is 0 Å². The first-order valence-corrected chi connectivity index (χ1v) is 10.2. The first kappa shape index (κ1) is 19.9. The lowest BCUT2D eigenvalue weighted by Crippen LogP contribution is -2.38. The van der Waals surface area contributed by atoms with E-state index in [1.54, 1.807) is 23.5 Å². The van der Waals surface area contributed by atoms with Gasteiger partial charge in [-0.15, -0.1) is 0 Å². The maximum atomic E-state index is 12.3. The Morgan fingerprint density at radius 1 is 1.13 bits per heavy atom. The zero-order valence-electron chi connectivity index (χ0n) is 17.7. The number of carbonyl (C=O) groups excluding carboxylic acids is 1. The number of hydrogen-bond acceptors (Lipinski definition) is 5. The van der Waals surface area contributed by atoms with E-state index in [1.165, 1.54) is 5.56 Å². The van der Waals surface area contributed by atoms with Gasteiger partial charge in [0.05, 0.1) is 24.1 Å². The number of rotatable bonds is 6. The minimum atomic E-state index is -0.122. The molecule has 1 saturated heterocycles. The molecule has 0 saturated carbocycles. The summed E-state index contributed by atoms with van der Waals surface area (Å²) in [6, 6.07) is 9.91. The molecule has 0 spiro atoms. The van der Waals surface area contributed by atoms with Crippen LogP contribution in [-0.2, 0) is 0 Å². The van der Waals surface area contributed by atoms with E-state index in [1.807, 2.05) is 17.7 Å². The third-order valence-electron chi connectivity index (χ3n) is 5.39. The van der Waals surface area contributed by atoms with E-state index >= 15 is 0 Å². The smallest absolute Gasteiger partial charge is 0.323 e. The van der Waals surface area contributed by atoms with Gasteiger partial charge in [0.15, 0.2) is 0 Å². The van der Waals surface area contributed by atoms with E-state index in [0.717, 1.165) is 11.4 Å². The third kappa shape index (κ3) is 3.98. The fourth-order valence-electron chi connectivity index (χ4n) is 3.57. The average Bonchev–Trinajstić information content (AvgIpc) is 3.36. The minimum absolute atomic E-state index is 0.0721. The van der Waals surface area contributed by atoms with Gasteiger partial charge in [-0.1, -0.05) is 31.5 Å². The van der Waals surface area contributed by atoms with E-state index < -0.39 is 0 Å². The molecule has 1 fully saturated rings. The molecular weight excluding hydrogens is 378 g/mol. The van der Waals surface area contributed by atoms with Gasteiger partial charge in [-0.2, -0.15) is 4.98 Å². The highest BCUT2D eigenvalue weighted by molar-refractivity contribution is 5.94. The Kier molecular flexibility index (Phi) is 5.39. The van der Waals surface area contributed by atoms with Gasteiger partial charge >= 0.3 is 6.03 Å². The van der Waals surface area contributed by atoms with Gasteiger partial charge in [0, 0.05) is 24.6 Å². The SMILES string of the molecule is Cc1ccc(-n2cnc([C@H](C)Nc3nccc(N4C(=O)NC[C@@H]4C(C)C)n3)c2)cc1. The lowest BCUT2D eigenvalue weighted by atomic mass is 10.0. The van der Waals surface area contributed by atoms with Crippen LogP contribution in [0.4, 0.5) is 16.6 Å². The summed E-state index contributed by atoms with van der Waals surface area (Å²) >= 11 is 0. The van der Waals surface area contributed by atoms with Crippen LogP contribution in [0.25, 0.3) is 5.69 Å². The number of nitrogens with zero attached hydrogens (tertiary/aromatic N) is 5. The number of aryl methyl sites for hydroxylation is 1. The summed E-state index contributed by atoms with van der Waals surface area (Å²) in [7, 11) is 0. The molecule has 3 heterocycles. The molecule has 1 aliphatic heterocycles. The molecule has 0 bridgehead atoms. The van der Waals surface area contributed by atoms with Gasteiger partial charge in [-0.05, 0) is 38.0 Å². The minimum Gasteiger partial charge on any atom is -0.346 e. The van der Waals surface area contributed by atoms with Crippen LogP contribution in [0.3, 0.4) is 0 Å². The van der Waals surface area contributed by atoms with Crippen molar-refractivity contribution in [2.24, 2.45) is 5.92 Å². The van der Waals surface area contributed by atoms with Crippen molar-refractivity contribution in [1.82, 2.24) is 24.8 Å². The van der Waals surface area contributed by atoms with Crippen molar-refractivity contribution < 1.29 is 4.79 Å². The van der Waals surface area contributed by atoms with Crippen LogP contribution in [0.15, 0.2) is 49.1 Å². The maximum Gasteiger partial charge on any atom is 0.323 e. The van der Waals surface area contributed by atoms with Crippen molar-refractivity contribution in [3.8, 4) is 5.69 Å². The van der Waals surface area contributed by atoms with Gasteiger partial charge in [0.1, 0.15) is 5.82 Å². The highest BCUT2D eigenvalue weighted by Gasteiger charge is 2.34. The largest absolute Gasteiger partial charge is 0.346 e. The molecule has 30 heavy (non-hydrogen) atoms. The van der Waals surface area contributed by atoms with Crippen molar-refractivity contribution in [2.45, 2.75) is 39.8 Å². The lowest BCUT2D eigenvalue weighted by molar-refractivity contribution is 0.251. The predicted octanol–water partition coefficient (Wildman–Crippen LogP) is 3.70. The first-order chi connectivity index (χ1) is 14.4. The van der Waals surface area contributed by atoms with E-state index in [0.29, 0.717) is 24.2 Å². The number of anilines is 2. The van der Waals surface area contributed by atoms with Gasteiger partial charge in [0.2, 0.25) is 5.95 Å². The molecule has 2 aromatic heterocycles. The summed E-state index contributed by atoms with van der Waals surface area (Å²) < 4.78 is 1.99. The molecular formula is C22H27N7O. The van der Waals surface area contributed by atoms with Crippen LogP contribution in [0, 0.1) is 12.8 Å². The second-order valence-electron chi connectivity index (χ2n) is 8.01. The number of aromatic nitrogens is 4. The average molecular weight is 406 g/mol. The Hall–Kier alpha value is -3.42. The highest BCUT2D eigenvalue weighted by atomic mass is 16.2. The number of nitrogens with one attached hydrogen (secondary N) is 2. The first-order valence-electron chi connectivity index (χ1n) is 10.2. The summed E-state index contributed by atoms with van der Waals surface area (Å²) in [4.78, 5) is 27.5. The fraction of sp³-hybridized carbons (Fsp3) is 0.364. The lowest BCUT2D eigenvalue weighted by Gasteiger charge is -2.25. The molecule has 156 valence electrons. The second kappa shape index (κ2) is 8.14. The van der Waals surface area contributed by atoms with Crippen molar-refractivity contribution in [1.29, 1.82) is 0 Å². The Balaban J connectivity index is 1.50. The van der Waals surface area contributed by atoms with Gasteiger partial charge in [0.25, 0.3) is 0 Å². The molecule has 1 aromatic carbocycles. The molecule has 0 aliphatic carbocycles. The zero-order chi connectivity index (χ0) is 21.3. The van der Waals surface area contributed by atoms with Crippen LogP contribution in [0.5, 0.6) is 0 Å². The number of benzene rings is 1. The van der Waals surface area contributed by atoms with E-state index in [-0.39, 0.29) is 18.1 Å². The van der Waals surface area contributed by atoms with Crippen LogP contribution >= 0.6 is 0 Å². The third-order valence-corrected chi connectivity index (χ3v) is 5.39. The standard InChI is InChI=1S/C22H27N7O/c1-14(2)19-11-24-22(30)29(19)20-9-10-23-21(27-20)26-16(4)18-12-28(13-25-18)17-7-5-15(3)6-8-17/h5-10,12-14,16,19H,11H2,1-4H3,(H,24,30)(H,23,26,27)/t16-,19+/m0/s1. The van der Waals surface area contributed by atoms with Crippen molar-refractivity contribution in [3.63, 3.8) is 0 Å². The highest BCUT2D eigenvalue weighted by Crippen LogP contribution is 2.24. The number of carbonyl (C=O) groups is 1. The molecule has 8 heteroatoms. The van der Waals surface area contributed by atoms with Crippen LogP contribution in [-0.4, -0.2) is 38.1 Å². The summed E-state index contributed by atoms with van der Waals surface area (Å²) in [6.45, 7) is 8.90. The zero-order valence-corrected chi connectivity index (χ0v) is 17.7. The topological polar surface area (TPSA) is 88.0 Å². The van der Waals surface area contributed by atoms with Crippen LogP contribution in [0.2, 0.25) is 0 Å². The van der Waals surface area contributed by atoms with Crippen LogP contribution < -0.4 is 15.5 Å². The summed E-state index contributed by atoms with van der Waals surface area (Å²) in [5.41, 5.74) is 3.16. The molecule has 2 atom stereocenters. The molecule has 0 unspecified atom stereocenters. The second-order valence-corrected chi connectivity index (χ2v) is 8.01. The van der Waals surface area contributed by atoms with Crippen molar-refractivity contribution in [3.05, 3.63) is 60.3 Å². The Morgan fingerprint density at radius 3 is 2.63 bits per heavy atom. The van der Waals surface area contributed by atoms with Gasteiger partial charge < -0.3 is 15.2 Å². The summed E-state index contributed by atoms with van der Waals surface area (Å²) in [5, 5.41) is 6.20. The number of imidazole rings is 1. The molecule has 0 radical (unpaired) electrons. The van der Waals surface area contributed by atoms with E-state index in [2.05, 4.69) is 70.6 Å². The monoisotopic (exact) mass is 405 g/mol. The quantitative estimate of drug-likeness (QED) is 0.653. The number of amides is 2. The molecule has 3 aromatic rings. The van der Waals surface area contributed by atoms with Crippen molar-refractivity contribution in [2.75, 3.05) is 16.8 Å². The summed E-state index contributed by atoms with van der Waals surface area (Å²) in [5.74, 6) is 1.38. The molecule has 1 aliphatic rings. The Morgan fingerprint density at radius 2 is 1.90 bits per heavy atom.